The van der Waals surface area contributed by atoms with Crippen LogP contribution in [0.5, 0.6) is 0 Å². The standard InChI is InChI=1S/C18H19Cl2NO2.12H2/c1-9-6-5-7-13(12(4)18(22)23)16(9)21-17-14(19)8-10(2)11(3)15(17)20;;;;;;;;;;;;/h5-8,12,21H,1-4H3,(H,22,23);12*1H. The van der Waals surface area contributed by atoms with Crippen LogP contribution in [0, 0.1) is 20.8 Å². The van der Waals surface area contributed by atoms with Crippen LogP contribution in [0.4, 0.5) is 11.4 Å². The summed E-state index contributed by atoms with van der Waals surface area (Å²) < 4.78 is 0. The second kappa shape index (κ2) is 6.81. The Morgan fingerprint density at radius 1 is 1.17 bits per heavy atom. The summed E-state index contributed by atoms with van der Waals surface area (Å²) in [5.74, 6) is -1.52. The molecule has 0 radical (unpaired) electrons. The molecule has 0 aliphatic rings. The highest BCUT2D eigenvalue weighted by Gasteiger charge is 2.20. The van der Waals surface area contributed by atoms with Crippen molar-refractivity contribution < 1.29 is 27.0 Å². The number of hydrogen-bond donors (Lipinski definition) is 2. The van der Waals surface area contributed by atoms with Gasteiger partial charge in [-0.05, 0) is 56.0 Å². The number of rotatable bonds is 4. The highest BCUT2D eigenvalue weighted by atomic mass is 35.5. The summed E-state index contributed by atoms with van der Waals surface area (Å²) in [6.45, 7) is 7.45. The third-order valence-corrected chi connectivity index (χ3v) is 4.88. The van der Waals surface area contributed by atoms with Crippen molar-refractivity contribution in [3.63, 3.8) is 0 Å². The van der Waals surface area contributed by atoms with E-state index in [1.165, 1.54) is 0 Å². The molecule has 1 unspecified atom stereocenters. The van der Waals surface area contributed by atoms with E-state index in [9.17, 15) is 9.90 Å². The summed E-state index contributed by atoms with van der Waals surface area (Å²) in [5.41, 5.74) is 4.91. The average Bonchev–Trinajstić information content (AvgIpc) is 2.49. The lowest BCUT2D eigenvalue weighted by Crippen LogP contribution is -2.11. The number of hydrogen-bond acceptors (Lipinski definition) is 2. The largest absolute Gasteiger partial charge is 0.481 e. The van der Waals surface area contributed by atoms with E-state index < -0.39 is 11.9 Å². The molecule has 3 nitrogen and oxygen atoms in total. The molecule has 0 heterocycles. The Hall–Kier alpha value is -1.71. The molecule has 5 heteroatoms. The average molecular weight is 376 g/mol. The molecule has 2 N–H and O–H groups in total. The highest BCUT2D eigenvalue weighted by Crippen LogP contribution is 2.39. The lowest BCUT2D eigenvalue weighted by Gasteiger charge is -2.20. The van der Waals surface area contributed by atoms with E-state index >= 15 is 0 Å². The van der Waals surface area contributed by atoms with Crippen LogP contribution in [0.1, 0.15) is 52.2 Å². The van der Waals surface area contributed by atoms with Gasteiger partial charge in [-0.25, -0.2) is 0 Å². The van der Waals surface area contributed by atoms with Crippen LogP contribution < -0.4 is 5.32 Å². The minimum atomic E-state index is -0.879. The monoisotopic (exact) mass is 375 g/mol. The van der Waals surface area contributed by atoms with Gasteiger partial charge in [-0.2, -0.15) is 0 Å². The molecule has 2 aromatic carbocycles. The zero-order valence-electron chi connectivity index (χ0n) is 13.5. The van der Waals surface area contributed by atoms with Crippen molar-refractivity contribution in [2.45, 2.75) is 33.6 Å². The Kier molecular flexibility index (Phi) is 5.23. The maximum atomic E-state index is 11.4. The number of anilines is 2. The molecule has 146 valence electrons. The van der Waals surface area contributed by atoms with Gasteiger partial charge < -0.3 is 10.4 Å². The van der Waals surface area contributed by atoms with Gasteiger partial charge in [-0.15, -0.1) is 0 Å². The second-order valence-electron chi connectivity index (χ2n) is 5.71. The van der Waals surface area contributed by atoms with Gasteiger partial charge in [-0.1, -0.05) is 41.4 Å². The third kappa shape index (κ3) is 3.46. The SMILES string of the molecule is Cc1cc(Cl)c(Nc2c(C)cccc2C(C)C(=O)O)c(Cl)c1C.[HH].[HH].[HH].[HH].[HH].[HH].[HH].[HH].[HH].[HH].[HH].[HH]. The van der Waals surface area contributed by atoms with E-state index in [-0.39, 0.29) is 17.1 Å². The summed E-state index contributed by atoms with van der Waals surface area (Å²) in [7, 11) is 0. The number of para-hydroxylation sites is 1. The number of halogens is 2. The Morgan fingerprint density at radius 2 is 1.83 bits per heavy atom. The molecular formula is C18H43Cl2NO2. The number of nitrogens with one attached hydrogen (secondary N) is 1. The van der Waals surface area contributed by atoms with Crippen LogP contribution in [-0.4, -0.2) is 11.1 Å². The van der Waals surface area contributed by atoms with E-state index in [1.807, 2.05) is 39.0 Å². The first-order valence-corrected chi connectivity index (χ1v) is 8.04. The van der Waals surface area contributed by atoms with Crippen LogP contribution in [0.25, 0.3) is 0 Å². The topological polar surface area (TPSA) is 49.3 Å². The van der Waals surface area contributed by atoms with Crippen LogP contribution in [0.15, 0.2) is 24.3 Å². The van der Waals surface area contributed by atoms with Crippen molar-refractivity contribution in [2.24, 2.45) is 0 Å². The van der Waals surface area contributed by atoms with Crippen LogP contribution in [-0.2, 0) is 4.79 Å². The van der Waals surface area contributed by atoms with Crippen LogP contribution in [0.2, 0.25) is 10.0 Å². The fraction of sp³-hybridized carbons (Fsp3) is 0.278. The van der Waals surface area contributed by atoms with E-state index in [1.54, 1.807) is 13.0 Å². The molecule has 1 atom stereocenters. The summed E-state index contributed by atoms with van der Waals surface area (Å²) in [5, 5.41) is 13.6. The minimum absolute atomic E-state index is 0. The zero-order chi connectivity index (χ0) is 17.3. The fourth-order valence-electron chi connectivity index (χ4n) is 2.43. The van der Waals surface area contributed by atoms with Gasteiger partial charge >= 0.3 is 5.97 Å². The second-order valence-corrected chi connectivity index (χ2v) is 6.50. The van der Waals surface area contributed by atoms with E-state index in [2.05, 4.69) is 5.32 Å². The van der Waals surface area contributed by atoms with Crippen molar-refractivity contribution in [3.05, 3.63) is 56.6 Å². The number of carboxylic acids is 1. The predicted octanol–water partition coefficient (Wildman–Crippen LogP) is 8.80. The first-order chi connectivity index (χ1) is 10.7. The van der Waals surface area contributed by atoms with Crippen molar-refractivity contribution in [1.29, 1.82) is 0 Å². The number of carboxylic acid groups (broad SMARTS) is 1. The molecule has 23 heavy (non-hydrogen) atoms. The number of aryl methyl sites for hydroxylation is 2. The summed E-state index contributed by atoms with van der Waals surface area (Å²) in [6.07, 6.45) is 0. The third-order valence-electron chi connectivity index (χ3n) is 4.11. The maximum Gasteiger partial charge on any atom is 0.310 e. The van der Waals surface area contributed by atoms with E-state index in [0.29, 0.717) is 21.3 Å². The van der Waals surface area contributed by atoms with Gasteiger partial charge in [-0.3, -0.25) is 4.79 Å². The van der Waals surface area contributed by atoms with E-state index in [0.717, 1.165) is 22.4 Å². The van der Waals surface area contributed by atoms with Gasteiger partial charge in [0.05, 0.1) is 21.7 Å². The highest BCUT2D eigenvalue weighted by molar-refractivity contribution is 6.40. The van der Waals surface area contributed by atoms with Crippen LogP contribution >= 0.6 is 23.2 Å². The molecule has 0 fully saturated rings. The first-order valence-electron chi connectivity index (χ1n) is 7.28. The molecule has 0 aromatic heterocycles. The summed E-state index contributed by atoms with van der Waals surface area (Å²) in [6, 6.07) is 7.42. The van der Waals surface area contributed by atoms with Crippen LogP contribution in [0.3, 0.4) is 0 Å². The summed E-state index contributed by atoms with van der Waals surface area (Å²) in [4.78, 5) is 11.4. The molecule has 0 bridgehead atoms. The van der Waals surface area contributed by atoms with Gasteiger partial charge in [0, 0.05) is 22.8 Å². The Bertz CT molecular complexity index is 805. The molecule has 0 aliphatic carbocycles. The van der Waals surface area contributed by atoms with Crippen molar-refractivity contribution in [1.82, 2.24) is 0 Å². The Labute approximate surface area is 164 Å². The molecule has 0 aliphatic heterocycles. The van der Waals surface area contributed by atoms with Gasteiger partial charge in [0.2, 0.25) is 0 Å². The Morgan fingerprint density at radius 3 is 2.43 bits per heavy atom. The molecule has 0 spiro atoms. The quantitative estimate of drug-likeness (QED) is 0.560. The Balaban J connectivity index is -0.0000000533. The lowest BCUT2D eigenvalue weighted by molar-refractivity contribution is -0.138. The molecule has 0 saturated heterocycles. The molecule has 2 rings (SSSR count). The van der Waals surface area contributed by atoms with Crippen molar-refractivity contribution >= 4 is 40.5 Å². The summed E-state index contributed by atoms with van der Waals surface area (Å²) >= 11 is 12.8. The minimum Gasteiger partial charge on any atom is -0.481 e. The van der Waals surface area contributed by atoms with Crippen molar-refractivity contribution in [2.75, 3.05) is 5.32 Å². The zero-order valence-corrected chi connectivity index (χ0v) is 15.0. The first kappa shape index (κ1) is 17.6. The van der Waals surface area contributed by atoms with Gasteiger partial charge in [0.15, 0.2) is 0 Å². The molecular weight excluding hydrogens is 333 g/mol. The maximum absolute atomic E-state index is 11.4. The molecule has 0 amide bonds. The fourth-order valence-corrected chi connectivity index (χ4v) is 3.08. The van der Waals surface area contributed by atoms with E-state index in [4.69, 9.17) is 23.2 Å². The van der Waals surface area contributed by atoms with Crippen molar-refractivity contribution in [3.8, 4) is 0 Å². The molecule has 0 saturated carbocycles. The number of carbonyl (C=O) groups is 1. The smallest absolute Gasteiger partial charge is 0.310 e. The van der Waals surface area contributed by atoms with Gasteiger partial charge in [0.1, 0.15) is 0 Å². The normalized spacial score (nSPS) is 12.1. The molecule has 2 aromatic rings. The number of benzene rings is 2. The number of aliphatic carboxylic acids is 1. The lowest BCUT2D eigenvalue weighted by atomic mass is 9.96. The predicted molar refractivity (Wildman–Crippen MR) is 122 cm³/mol. The van der Waals surface area contributed by atoms with Gasteiger partial charge in [0.25, 0.3) is 0 Å².